The Morgan fingerprint density at radius 1 is 0.949 bits per heavy atom. The summed E-state index contributed by atoms with van der Waals surface area (Å²) in [5.74, 6) is 0.0322. The van der Waals surface area contributed by atoms with Crippen molar-refractivity contribution in [2.24, 2.45) is 52.3 Å². The van der Waals surface area contributed by atoms with E-state index >= 15 is 4.79 Å². The van der Waals surface area contributed by atoms with Crippen LogP contribution in [0.25, 0.3) is 16.3 Å². The van der Waals surface area contributed by atoms with Crippen molar-refractivity contribution in [1.29, 1.82) is 0 Å². The van der Waals surface area contributed by atoms with Gasteiger partial charge >= 0.3 is 0 Å². The second kappa shape index (κ2) is 17.5. The highest BCUT2D eigenvalue weighted by atomic mass is 16.5. The Morgan fingerprint density at radius 3 is 2.32 bits per heavy atom. The van der Waals surface area contributed by atoms with E-state index in [0.29, 0.717) is 43.3 Å². The van der Waals surface area contributed by atoms with Crippen LogP contribution in [0.15, 0.2) is 60.7 Å². The third-order valence-corrected chi connectivity index (χ3v) is 14.3. The number of methoxy groups -OCH3 is 1. The van der Waals surface area contributed by atoms with Crippen molar-refractivity contribution in [2.75, 3.05) is 7.11 Å². The number of carbonyl (C=O) groups excluding carboxylic acids is 5. The Morgan fingerprint density at radius 2 is 1.68 bits per heavy atom. The van der Waals surface area contributed by atoms with Crippen LogP contribution in [-0.4, -0.2) is 42.1 Å². The van der Waals surface area contributed by atoms with E-state index in [0.717, 1.165) is 79.0 Å². The topological polar surface area (TPSA) is 104 Å². The molecule has 0 aliphatic heterocycles. The van der Waals surface area contributed by atoms with Crippen LogP contribution in [0.3, 0.4) is 0 Å². The van der Waals surface area contributed by atoms with E-state index in [-0.39, 0.29) is 60.0 Å². The summed E-state index contributed by atoms with van der Waals surface area (Å²) in [4.78, 5) is 70.1. The summed E-state index contributed by atoms with van der Waals surface area (Å²) in [6, 6.07) is 10.2. The number of rotatable bonds is 20. The predicted molar refractivity (Wildman–Crippen MR) is 233 cm³/mol. The van der Waals surface area contributed by atoms with Gasteiger partial charge in [-0.05, 0) is 115 Å². The van der Waals surface area contributed by atoms with Crippen molar-refractivity contribution < 1.29 is 33.4 Å². The lowest BCUT2D eigenvalue weighted by Crippen LogP contribution is -2.39. The second-order valence-corrected chi connectivity index (χ2v) is 20.4. The lowest BCUT2D eigenvalue weighted by Gasteiger charge is -2.33. The third-order valence-electron chi connectivity index (χ3n) is 14.3. The van der Waals surface area contributed by atoms with Gasteiger partial charge in [0.15, 0.2) is 0 Å². The van der Waals surface area contributed by atoms with E-state index in [4.69, 9.17) is 9.47 Å². The van der Waals surface area contributed by atoms with Gasteiger partial charge in [-0.2, -0.15) is 0 Å². The van der Waals surface area contributed by atoms with Gasteiger partial charge in [-0.1, -0.05) is 84.1 Å². The van der Waals surface area contributed by atoms with E-state index < -0.39 is 34.7 Å². The average Bonchev–Trinajstić information content (AvgIpc) is 3.97. The highest BCUT2D eigenvalue weighted by Crippen LogP contribution is 2.59. The van der Waals surface area contributed by atoms with Crippen LogP contribution in [0.5, 0.6) is 11.5 Å². The van der Waals surface area contributed by atoms with E-state index in [1.54, 1.807) is 13.2 Å². The Balaban J connectivity index is 1.19. The van der Waals surface area contributed by atoms with Crippen molar-refractivity contribution in [1.82, 2.24) is 0 Å². The molecule has 6 unspecified atom stereocenters. The number of ketones is 5. The monoisotopic (exact) mass is 802 g/mol. The minimum absolute atomic E-state index is 0.0140. The van der Waals surface area contributed by atoms with Crippen molar-refractivity contribution in [3.8, 4) is 11.5 Å². The maximum Gasteiger partial charge on any atom is 0.147 e. The number of Topliss-reactive ketones (excluding diaryl/α,β-unsaturated/α-hetero) is 5. The second-order valence-electron chi connectivity index (χ2n) is 20.4. The fraction of sp³-hybridized carbons (Fsp3) is 0.596. The van der Waals surface area contributed by atoms with Crippen molar-refractivity contribution in [3.63, 3.8) is 0 Å². The Kier molecular flexibility index (Phi) is 12.7. The zero-order valence-corrected chi connectivity index (χ0v) is 36.4. The third kappa shape index (κ3) is 9.76. The van der Waals surface area contributed by atoms with Gasteiger partial charge < -0.3 is 9.47 Å². The van der Waals surface area contributed by atoms with Crippen LogP contribution in [0.1, 0.15) is 136 Å². The van der Waals surface area contributed by atoms with Gasteiger partial charge in [0.25, 0.3) is 0 Å². The molecule has 5 aliphatic carbocycles. The van der Waals surface area contributed by atoms with Crippen LogP contribution in [0.4, 0.5) is 0 Å². The minimum Gasteiger partial charge on any atom is -0.497 e. The molecular weight excluding hydrogens is 737 g/mol. The summed E-state index contributed by atoms with van der Waals surface area (Å²) in [6.45, 7) is 14.5. The standard InChI is InChI=1S/C52H66O7/c1-8-38-29-52(38,49(56)28-46(54)34-15-16-34)30-47(55)43-26-41(27-44(43)50(57)45(51(4,5)6)25-39(53)21-32-11-9-10-12-32)59-48-24-36(35-14-13-33(20-35)19-31(2)3)22-37-23-40(58-7)17-18-42(37)48/h8,14,17-18,20,22-24,31-32,34,38,41,43-45H,1,9-13,15-16,19,21,25-30H2,2-7H3. The molecule has 0 N–H and O–H groups in total. The molecule has 0 radical (unpaired) electrons. The zero-order chi connectivity index (χ0) is 42.2. The quantitative estimate of drug-likeness (QED) is 0.0970. The summed E-state index contributed by atoms with van der Waals surface area (Å²) < 4.78 is 12.6. The van der Waals surface area contributed by atoms with Gasteiger partial charge in [0.05, 0.1) is 13.5 Å². The lowest BCUT2D eigenvalue weighted by atomic mass is 9.69. The molecule has 0 heterocycles. The van der Waals surface area contributed by atoms with Gasteiger partial charge in [-0.3, -0.25) is 24.0 Å². The molecule has 59 heavy (non-hydrogen) atoms. The molecule has 0 spiro atoms. The largest absolute Gasteiger partial charge is 0.497 e. The van der Waals surface area contributed by atoms with Gasteiger partial charge in [-0.15, -0.1) is 6.58 Å². The van der Waals surface area contributed by atoms with Crippen molar-refractivity contribution in [2.45, 2.75) is 137 Å². The number of fused-ring (bicyclic) bond motifs is 1. The number of hydrogen-bond donors (Lipinski definition) is 0. The summed E-state index contributed by atoms with van der Waals surface area (Å²) in [5.41, 5.74) is 2.14. The van der Waals surface area contributed by atoms with E-state index in [1.807, 2.05) is 39.0 Å². The van der Waals surface area contributed by atoms with Gasteiger partial charge in [0, 0.05) is 53.7 Å². The molecule has 7 heteroatoms. The molecule has 0 bridgehead atoms. The fourth-order valence-electron chi connectivity index (χ4n) is 10.6. The maximum absolute atomic E-state index is 15.0. The highest BCUT2D eigenvalue weighted by Gasteiger charge is 2.60. The summed E-state index contributed by atoms with van der Waals surface area (Å²) in [7, 11) is 1.66. The van der Waals surface area contributed by atoms with Gasteiger partial charge in [-0.25, -0.2) is 0 Å². The minimum atomic E-state index is -0.947. The van der Waals surface area contributed by atoms with Gasteiger partial charge in [0.1, 0.15) is 46.5 Å². The average molecular weight is 803 g/mol. The summed E-state index contributed by atoms with van der Waals surface area (Å²) >= 11 is 0. The zero-order valence-electron chi connectivity index (χ0n) is 36.4. The van der Waals surface area contributed by atoms with E-state index in [2.05, 4.69) is 44.7 Å². The lowest BCUT2D eigenvalue weighted by molar-refractivity contribution is -0.139. The molecule has 4 saturated carbocycles. The number of hydrogen-bond acceptors (Lipinski definition) is 7. The molecule has 7 nitrogen and oxygen atoms in total. The van der Waals surface area contributed by atoms with Crippen LogP contribution < -0.4 is 9.47 Å². The number of benzene rings is 2. The first-order chi connectivity index (χ1) is 28.1. The molecule has 5 aliphatic rings. The molecule has 7 rings (SSSR count). The predicted octanol–water partition coefficient (Wildman–Crippen LogP) is 11.2. The molecule has 2 aromatic carbocycles. The first-order valence-corrected chi connectivity index (χ1v) is 22.5. The van der Waals surface area contributed by atoms with Crippen LogP contribution in [0.2, 0.25) is 0 Å². The van der Waals surface area contributed by atoms with Gasteiger partial charge in [0.2, 0.25) is 0 Å². The van der Waals surface area contributed by atoms with Crippen molar-refractivity contribution in [3.05, 3.63) is 66.3 Å². The summed E-state index contributed by atoms with van der Waals surface area (Å²) in [5, 5.41) is 1.89. The highest BCUT2D eigenvalue weighted by molar-refractivity contribution is 6.07. The normalized spacial score (nSPS) is 26.1. The van der Waals surface area contributed by atoms with E-state index in [9.17, 15) is 19.2 Å². The number of ether oxygens (including phenoxy) is 2. The SMILES string of the molecule is C=CC1CC1(CC(=O)C1CC(Oc2cc(C3=CCC(CC(C)C)=C3)cc3cc(OC)ccc23)CC1C(=O)C(CC(=O)CC1CCCC1)C(C)(C)C)C(=O)CC(=O)C1CC1. The molecule has 316 valence electrons. The Labute approximate surface area is 351 Å². The number of carbonyl (C=O) groups is 5. The Hall–Kier alpha value is -4.13. The van der Waals surface area contributed by atoms with E-state index in [1.165, 1.54) is 5.57 Å². The maximum atomic E-state index is 15.0. The van der Waals surface area contributed by atoms with Crippen LogP contribution in [-0.2, 0) is 24.0 Å². The Bertz CT molecular complexity index is 2050. The first-order valence-electron chi connectivity index (χ1n) is 22.5. The molecular formula is C52H66O7. The molecule has 4 fully saturated rings. The number of allylic oxidation sites excluding steroid dienone is 5. The van der Waals surface area contributed by atoms with Crippen LogP contribution >= 0.6 is 0 Å². The summed E-state index contributed by atoms with van der Waals surface area (Å²) in [6.07, 6.45) is 15.6. The molecule has 6 atom stereocenters. The van der Waals surface area contributed by atoms with Crippen LogP contribution in [0, 0.1) is 52.3 Å². The fourth-order valence-corrected chi connectivity index (χ4v) is 10.6. The first kappa shape index (κ1) is 43.0. The molecule has 0 aromatic heterocycles. The van der Waals surface area contributed by atoms with Crippen molar-refractivity contribution >= 4 is 45.3 Å². The smallest absolute Gasteiger partial charge is 0.147 e. The molecule has 0 saturated heterocycles. The molecule has 0 amide bonds. The molecule has 2 aromatic rings.